The van der Waals surface area contributed by atoms with Crippen LogP contribution >= 0.6 is 0 Å². The van der Waals surface area contributed by atoms with Crippen LogP contribution in [0.4, 0.5) is 0 Å². The molecule has 29 heavy (non-hydrogen) atoms. The van der Waals surface area contributed by atoms with E-state index in [4.69, 9.17) is 4.74 Å². The number of allylic oxidation sites excluding steroid dienone is 2. The Morgan fingerprint density at radius 1 is 0.862 bits per heavy atom. The van der Waals surface area contributed by atoms with E-state index < -0.39 is 5.41 Å². The molecule has 2 aromatic carbocycles. The highest BCUT2D eigenvalue weighted by Gasteiger charge is 2.30. The van der Waals surface area contributed by atoms with Crippen LogP contribution in [0.5, 0.6) is 23.0 Å². The number of hydrogen-bond acceptors (Lipinski definition) is 4. The minimum Gasteiger partial charge on any atom is -0.508 e. The summed E-state index contributed by atoms with van der Waals surface area (Å²) in [5, 5.41) is 31.3. The predicted molar refractivity (Wildman–Crippen MR) is 116 cm³/mol. The topological polar surface area (TPSA) is 69.9 Å². The van der Waals surface area contributed by atoms with Crippen molar-refractivity contribution in [2.75, 3.05) is 6.61 Å². The summed E-state index contributed by atoms with van der Waals surface area (Å²) in [7, 11) is 0. The number of rotatable bonds is 5. The average molecular weight is 395 g/mol. The van der Waals surface area contributed by atoms with Crippen molar-refractivity contribution >= 4 is 0 Å². The fourth-order valence-electron chi connectivity index (χ4n) is 3.80. The van der Waals surface area contributed by atoms with Gasteiger partial charge in [0.05, 0.1) is 6.61 Å². The van der Waals surface area contributed by atoms with Crippen LogP contribution in [0.15, 0.2) is 49.6 Å². The standard InChI is InChI=1S/C25H30O4/c1-7-24(3,4)18-10-15-9-16(14-29-23(15)13-22(18)28)17-11-19(25(5,6)8-2)21(27)12-20(17)26/h7-8,10-13,16,26-28H,1-2,9,14H2,3-6H3/t16-/m0/s1. The Bertz CT molecular complexity index is 969. The SMILES string of the molecule is C=CC(C)(C)c1cc2c(cc1O)OC[C@@H](c1cc(C(C)(C)C=C)c(O)cc1O)C2. The highest BCUT2D eigenvalue weighted by atomic mass is 16.5. The Balaban J connectivity index is 2.03. The Morgan fingerprint density at radius 3 is 2.00 bits per heavy atom. The Hall–Kier alpha value is -2.88. The van der Waals surface area contributed by atoms with E-state index in [0.29, 0.717) is 24.3 Å². The molecule has 0 bridgehead atoms. The first kappa shape index (κ1) is 20.8. The number of benzene rings is 2. The van der Waals surface area contributed by atoms with E-state index in [1.54, 1.807) is 12.1 Å². The molecule has 0 aliphatic carbocycles. The van der Waals surface area contributed by atoms with Gasteiger partial charge in [-0.05, 0) is 24.1 Å². The summed E-state index contributed by atoms with van der Waals surface area (Å²) in [5.41, 5.74) is 2.39. The highest BCUT2D eigenvalue weighted by Crippen LogP contribution is 2.44. The van der Waals surface area contributed by atoms with Crippen molar-refractivity contribution in [2.24, 2.45) is 0 Å². The zero-order valence-electron chi connectivity index (χ0n) is 17.6. The third-order valence-corrected chi connectivity index (χ3v) is 6.08. The molecule has 4 nitrogen and oxygen atoms in total. The summed E-state index contributed by atoms with van der Waals surface area (Å²) >= 11 is 0. The van der Waals surface area contributed by atoms with Crippen LogP contribution < -0.4 is 4.74 Å². The molecule has 1 heterocycles. The van der Waals surface area contributed by atoms with Gasteiger partial charge >= 0.3 is 0 Å². The molecule has 0 spiro atoms. The molecule has 4 heteroatoms. The fourth-order valence-corrected chi connectivity index (χ4v) is 3.80. The Labute approximate surface area is 172 Å². The van der Waals surface area contributed by atoms with Gasteiger partial charge in [0.2, 0.25) is 0 Å². The first-order valence-corrected chi connectivity index (χ1v) is 9.83. The van der Waals surface area contributed by atoms with Gasteiger partial charge in [-0.15, -0.1) is 13.2 Å². The normalized spacial score (nSPS) is 16.6. The second-order valence-electron chi connectivity index (χ2n) is 8.97. The third-order valence-electron chi connectivity index (χ3n) is 6.08. The first-order chi connectivity index (χ1) is 13.5. The molecule has 0 saturated carbocycles. The van der Waals surface area contributed by atoms with Crippen molar-refractivity contribution in [3.05, 3.63) is 71.8 Å². The highest BCUT2D eigenvalue weighted by molar-refractivity contribution is 5.54. The second-order valence-corrected chi connectivity index (χ2v) is 8.97. The van der Waals surface area contributed by atoms with E-state index >= 15 is 0 Å². The molecule has 2 aromatic rings. The quantitative estimate of drug-likeness (QED) is 0.590. The van der Waals surface area contributed by atoms with E-state index in [0.717, 1.165) is 16.7 Å². The number of hydrogen-bond donors (Lipinski definition) is 3. The maximum absolute atomic E-state index is 10.5. The van der Waals surface area contributed by atoms with Gasteiger partial charge in [0, 0.05) is 45.6 Å². The van der Waals surface area contributed by atoms with Crippen LogP contribution in [0.2, 0.25) is 0 Å². The molecule has 0 fully saturated rings. The number of phenolic OH excluding ortho intramolecular Hbond substituents is 3. The van der Waals surface area contributed by atoms with Gasteiger partial charge in [-0.1, -0.05) is 39.8 Å². The molecular weight excluding hydrogens is 364 g/mol. The second kappa shape index (κ2) is 7.18. The molecule has 3 rings (SSSR count). The average Bonchev–Trinajstić information content (AvgIpc) is 2.67. The molecule has 154 valence electrons. The van der Waals surface area contributed by atoms with E-state index in [1.807, 2.05) is 45.9 Å². The van der Waals surface area contributed by atoms with Crippen molar-refractivity contribution in [1.82, 2.24) is 0 Å². The van der Waals surface area contributed by atoms with Crippen LogP contribution in [-0.2, 0) is 17.3 Å². The molecule has 0 aromatic heterocycles. The minimum atomic E-state index is -0.438. The molecule has 3 N–H and O–H groups in total. The lowest BCUT2D eigenvalue weighted by molar-refractivity contribution is 0.257. The number of ether oxygens (including phenoxy) is 1. The lowest BCUT2D eigenvalue weighted by Gasteiger charge is -2.30. The van der Waals surface area contributed by atoms with Gasteiger partial charge in [-0.2, -0.15) is 0 Å². The number of phenols is 3. The third kappa shape index (κ3) is 3.71. The van der Waals surface area contributed by atoms with Crippen LogP contribution in [0.1, 0.15) is 55.9 Å². The van der Waals surface area contributed by atoms with E-state index in [2.05, 4.69) is 13.2 Å². The predicted octanol–water partition coefficient (Wildman–Crippen LogP) is 5.45. The summed E-state index contributed by atoms with van der Waals surface area (Å²) in [6.07, 6.45) is 4.25. The van der Waals surface area contributed by atoms with Crippen LogP contribution in [0, 0.1) is 0 Å². The van der Waals surface area contributed by atoms with Crippen LogP contribution in [0.25, 0.3) is 0 Å². The van der Waals surface area contributed by atoms with Gasteiger partial charge < -0.3 is 20.1 Å². The van der Waals surface area contributed by atoms with E-state index in [1.165, 1.54) is 6.07 Å². The molecule has 1 aliphatic rings. The number of aromatic hydroxyl groups is 3. The van der Waals surface area contributed by atoms with Crippen LogP contribution in [-0.4, -0.2) is 21.9 Å². The van der Waals surface area contributed by atoms with E-state index in [9.17, 15) is 15.3 Å². The van der Waals surface area contributed by atoms with Gasteiger partial charge in [0.1, 0.15) is 23.0 Å². The molecule has 1 atom stereocenters. The Kier molecular flexibility index (Phi) is 5.16. The smallest absolute Gasteiger partial charge is 0.126 e. The first-order valence-electron chi connectivity index (χ1n) is 9.83. The monoisotopic (exact) mass is 394 g/mol. The molecule has 0 amide bonds. The van der Waals surface area contributed by atoms with Crippen molar-refractivity contribution in [2.45, 2.75) is 50.9 Å². The zero-order valence-corrected chi connectivity index (χ0v) is 17.6. The van der Waals surface area contributed by atoms with Gasteiger partial charge in [0.15, 0.2) is 0 Å². The maximum Gasteiger partial charge on any atom is 0.126 e. The number of fused-ring (bicyclic) bond motifs is 1. The fraction of sp³-hybridized carbons (Fsp3) is 0.360. The summed E-state index contributed by atoms with van der Waals surface area (Å²) in [6, 6.07) is 6.87. The largest absolute Gasteiger partial charge is 0.508 e. The maximum atomic E-state index is 10.5. The zero-order chi connectivity index (χ0) is 21.6. The van der Waals surface area contributed by atoms with Crippen molar-refractivity contribution in [3.8, 4) is 23.0 Å². The van der Waals surface area contributed by atoms with Crippen molar-refractivity contribution < 1.29 is 20.1 Å². The summed E-state index contributed by atoms with van der Waals surface area (Å²) in [4.78, 5) is 0. The summed E-state index contributed by atoms with van der Waals surface area (Å²) in [6.45, 7) is 16.0. The molecular formula is C25H30O4. The minimum absolute atomic E-state index is 0.0493. The lowest BCUT2D eigenvalue weighted by atomic mass is 9.79. The summed E-state index contributed by atoms with van der Waals surface area (Å²) in [5.74, 6) is 0.871. The Morgan fingerprint density at radius 2 is 1.41 bits per heavy atom. The molecule has 0 unspecified atom stereocenters. The molecule has 0 radical (unpaired) electrons. The van der Waals surface area contributed by atoms with Gasteiger partial charge in [-0.25, -0.2) is 0 Å². The molecule has 1 aliphatic heterocycles. The van der Waals surface area contributed by atoms with Crippen molar-refractivity contribution in [1.29, 1.82) is 0 Å². The lowest BCUT2D eigenvalue weighted by Crippen LogP contribution is -2.22. The van der Waals surface area contributed by atoms with E-state index in [-0.39, 0.29) is 28.6 Å². The van der Waals surface area contributed by atoms with Gasteiger partial charge in [0.25, 0.3) is 0 Å². The van der Waals surface area contributed by atoms with Crippen LogP contribution in [0.3, 0.4) is 0 Å². The van der Waals surface area contributed by atoms with Gasteiger partial charge in [-0.3, -0.25) is 0 Å². The van der Waals surface area contributed by atoms with Crippen molar-refractivity contribution in [3.63, 3.8) is 0 Å². The summed E-state index contributed by atoms with van der Waals surface area (Å²) < 4.78 is 5.93. The molecule has 0 saturated heterocycles.